The van der Waals surface area contributed by atoms with Crippen LogP contribution in [0.5, 0.6) is 5.88 Å². The van der Waals surface area contributed by atoms with Gasteiger partial charge in [-0.1, -0.05) is 19.1 Å². The summed E-state index contributed by atoms with van der Waals surface area (Å²) in [4.78, 5) is 11.7. The Morgan fingerprint density at radius 3 is 2.44 bits per heavy atom. The number of nitrogens with one attached hydrogen (secondary N) is 1. The second kappa shape index (κ2) is 10.9. The highest BCUT2D eigenvalue weighted by molar-refractivity contribution is 7.88. The van der Waals surface area contributed by atoms with Crippen LogP contribution in [0.2, 0.25) is 0 Å². The Balaban J connectivity index is 1.31. The molecule has 3 aliphatic rings. The molecule has 0 bridgehead atoms. The molecule has 2 saturated heterocycles. The SMILES string of the molecule is CC1CCC(Nc2ncc(-c3ccc(N4CCOCC4)cc3)c(OCC3CN(S(C)(=O)=O)C3)n2)CC1. The van der Waals surface area contributed by atoms with Gasteiger partial charge in [0.1, 0.15) is 0 Å². The van der Waals surface area contributed by atoms with Crippen molar-refractivity contribution in [3.05, 3.63) is 30.5 Å². The molecule has 0 unspecified atom stereocenters. The van der Waals surface area contributed by atoms with Gasteiger partial charge < -0.3 is 19.7 Å². The van der Waals surface area contributed by atoms with Crippen LogP contribution in [-0.2, 0) is 14.8 Å². The number of benzene rings is 1. The average Bonchev–Trinajstić information content (AvgIpc) is 2.85. The fourth-order valence-corrected chi connectivity index (χ4v) is 6.06. The molecule has 0 amide bonds. The van der Waals surface area contributed by atoms with E-state index in [1.807, 2.05) is 6.20 Å². The van der Waals surface area contributed by atoms with Crippen molar-refractivity contribution >= 4 is 21.7 Å². The predicted octanol–water partition coefficient (Wildman–Crippen LogP) is 3.24. The normalized spacial score (nSPS) is 23.8. The molecule has 0 spiro atoms. The van der Waals surface area contributed by atoms with E-state index >= 15 is 0 Å². The number of hydrogen-bond acceptors (Lipinski definition) is 8. The van der Waals surface area contributed by atoms with Crippen LogP contribution in [0.1, 0.15) is 32.6 Å². The van der Waals surface area contributed by atoms with Crippen molar-refractivity contribution < 1.29 is 17.9 Å². The first-order valence-electron chi connectivity index (χ1n) is 13.0. The highest BCUT2D eigenvalue weighted by Gasteiger charge is 2.33. The molecule has 3 heterocycles. The van der Waals surface area contributed by atoms with Gasteiger partial charge in [0.2, 0.25) is 21.9 Å². The lowest BCUT2D eigenvalue weighted by atomic mass is 9.87. The van der Waals surface area contributed by atoms with Crippen molar-refractivity contribution in [3.8, 4) is 17.0 Å². The number of sulfonamides is 1. The summed E-state index contributed by atoms with van der Waals surface area (Å²) < 4.78 is 36.6. The van der Waals surface area contributed by atoms with E-state index in [0.717, 1.165) is 56.2 Å². The third-order valence-electron chi connectivity index (χ3n) is 7.51. The Morgan fingerprint density at radius 2 is 1.78 bits per heavy atom. The summed E-state index contributed by atoms with van der Waals surface area (Å²) in [7, 11) is -3.14. The van der Waals surface area contributed by atoms with Crippen LogP contribution in [0.15, 0.2) is 30.5 Å². The van der Waals surface area contributed by atoms with Gasteiger partial charge in [0.25, 0.3) is 0 Å². The van der Waals surface area contributed by atoms with E-state index in [9.17, 15) is 8.42 Å². The van der Waals surface area contributed by atoms with Crippen LogP contribution >= 0.6 is 0 Å². The monoisotopic (exact) mass is 515 g/mol. The van der Waals surface area contributed by atoms with E-state index < -0.39 is 10.0 Å². The average molecular weight is 516 g/mol. The third kappa shape index (κ3) is 6.10. The number of morpholine rings is 1. The van der Waals surface area contributed by atoms with Gasteiger partial charge in [-0.2, -0.15) is 4.98 Å². The second-order valence-corrected chi connectivity index (χ2v) is 12.4. The third-order valence-corrected chi connectivity index (χ3v) is 8.74. The van der Waals surface area contributed by atoms with Crippen molar-refractivity contribution in [1.82, 2.24) is 14.3 Å². The summed E-state index contributed by atoms with van der Waals surface area (Å²) in [6.07, 6.45) is 7.75. The molecule has 36 heavy (non-hydrogen) atoms. The minimum atomic E-state index is -3.14. The highest BCUT2D eigenvalue weighted by atomic mass is 32.2. The zero-order valence-corrected chi connectivity index (χ0v) is 22.0. The Labute approximate surface area is 214 Å². The van der Waals surface area contributed by atoms with Crippen LogP contribution in [0, 0.1) is 11.8 Å². The second-order valence-electron chi connectivity index (χ2n) is 10.4. The van der Waals surface area contributed by atoms with Crippen LogP contribution in [0.25, 0.3) is 11.1 Å². The van der Waals surface area contributed by atoms with Gasteiger partial charge in [-0.3, -0.25) is 0 Å². The van der Waals surface area contributed by atoms with Crippen LogP contribution in [0.4, 0.5) is 11.6 Å². The number of hydrogen-bond donors (Lipinski definition) is 1. The lowest BCUT2D eigenvalue weighted by molar-refractivity contribution is 0.122. The van der Waals surface area contributed by atoms with E-state index in [1.165, 1.54) is 29.1 Å². The fourth-order valence-electron chi connectivity index (χ4n) is 5.10. The molecular weight excluding hydrogens is 478 g/mol. The summed E-state index contributed by atoms with van der Waals surface area (Å²) in [5.41, 5.74) is 3.00. The molecule has 0 atom stereocenters. The fraction of sp³-hybridized carbons (Fsp3) is 0.615. The Morgan fingerprint density at radius 1 is 1.08 bits per heavy atom. The molecule has 2 aliphatic heterocycles. The number of rotatable bonds is 8. The molecule has 10 heteroatoms. The number of anilines is 2. The molecule has 3 fully saturated rings. The van der Waals surface area contributed by atoms with E-state index in [0.29, 0.717) is 37.6 Å². The summed E-state index contributed by atoms with van der Waals surface area (Å²) in [5.74, 6) is 2.06. The van der Waals surface area contributed by atoms with Crippen LogP contribution in [-0.4, -0.2) is 81.0 Å². The molecule has 2 aromatic rings. The van der Waals surface area contributed by atoms with E-state index in [2.05, 4.69) is 46.4 Å². The van der Waals surface area contributed by atoms with Crippen molar-refractivity contribution in [2.45, 2.75) is 38.6 Å². The van der Waals surface area contributed by atoms with Gasteiger partial charge in [-0.25, -0.2) is 17.7 Å². The first kappa shape index (κ1) is 25.2. The van der Waals surface area contributed by atoms with Gasteiger partial charge in [-0.05, 0) is 49.3 Å². The smallest absolute Gasteiger partial charge is 0.226 e. The summed E-state index contributed by atoms with van der Waals surface area (Å²) >= 11 is 0. The maximum Gasteiger partial charge on any atom is 0.226 e. The number of nitrogens with zero attached hydrogens (tertiary/aromatic N) is 4. The first-order valence-corrected chi connectivity index (χ1v) is 14.8. The summed E-state index contributed by atoms with van der Waals surface area (Å²) in [6.45, 7) is 6.98. The lowest BCUT2D eigenvalue weighted by Gasteiger charge is -2.36. The lowest BCUT2D eigenvalue weighted by Crippen LogP contribution is -2.51. The highest BCUT2D eigenvalue weighted by Crippen LogP contribution is 2.32. The molecule has 1 saturated carbocycles. The molecule has 0 radical (unpaired) electrons. The molecule has 1 N–H and O–H groups in total. The molecule has 1 aromatic carbocycles. The van der Waals surface area contributed by atoms with Gasteiger partial charge in [0, 0.05) is 50.0 Å². The van der Waals surface area contributed by atoms with Gasteiger partial charge >= 0.3 is 0 Å². The zero-order chi connectivity index (χ0) is 25.1. The maximum atomic E-state index is 11.7. The largest absolute Gasteiger partial charge is 0.477 e. The maximum absolute atomic E-state index is 11.7. The number of ether oxygens (including phenoxy) is 2. The van der Waals surface area contributed by atoms with Gasteiger partial charge in [0.15, 0.2) is 0 Å². The standard InChI is InChI=1S/C26H37N5O4S/c1-19-3-7-22(8-4-19)28-26-27-15-24(21-5-9-23(10-6-21)30-11-13-34-14-12-30)25(29-26)35-18-20-16-31(17-20)36(2,32)33/h5-6,9-10,15,19-20,22H,3-4,7-8,11-14,16-18H2,1-2H3,(H,27,28,29). The van der Waals surface area contributed by atoms with Gasteiger partial charge in [-0.15, -0.1) is 0 Å². The zero-order valence-electron chi connectivity index (χ0n) is 21.2. The molecule has 5 rings (SSSR count). The number of aromatic nitrogens is 2. The molecular formula is C26H37N5O4S. The van der Waals surface area contributed by atoms with Crippen molar-refractivity contribution in [3.63, 3.8) is 0 Å². The van der Waals surface area contributed by atoms with Crippen molar-refractivity contribution in [1.29, 1.82) is 0 Å². The van der Waals surface area contributed by atoms with E-state index in [-0.39, 0.29) is 5.92 Å². The van der Waals surface area contributed by atoms with Crippen molar-refractivity contribution in [2.75, 3.05) is 62.5 Å². The minimum Gasteiger partial charge on any atom is -0.477 e. The summed E-state index contributed by atoms with van der Waals surface area (Å²) in [6, 6.07) is 8.79. The van der Waals surface area contributed by atoms with Crippen LogP contribution in [0.3, 0.4) is 0 Å². The minimum absolute atomic E-state index is 0.155. The summed E-state index contributed by atoms with van der Waals surface area (Å²) in [5, 5.41) is 3.51. The quantitative estimate of drug-likeness (QED) is 0.572. The predicted molar refractivity (Wildman–Crippen MR) is 141 cm³/mol. The Bertz CT molecular complexity index is 1120. The van der Waals surface area contributed by atoms with Crippen molar-refractivity contribution in [2.24, 2.45) is 11.8 Å². The molecule has 1 aliphatic carbocycles. The first-order chi connectivity index (χ1) is 17.3. The molecule has 9 nitrogen and oxygen atoms in total. The van der Waals surface area contributed by atoms with E-state index in [1.54, 1.807) is 0 Å². The van der Waals surface area contributed by atoms with Gasteiger partial charge in [0.05, 0.1) is 31.6 Å². The van der Waals surface area contributed by atoms with Crippen LogP contribution < -0.4 is 15.0 Å². The Kier molecular flexibility index (Phi) is 7.64. The Hall–Kier alpha value is -2.43. The van der Waals surface area contributed by atoms with E-state index in [4.69, 9.17) is 14.5 Å². The molecule has 196 valence electrons. The topological polar surface area (TPSA) is 96.9 Å². The molecule has 1 aromatic heterocycles.